The first-order valence-electron chi connectivity index (χ1n) is 7.04. The maximum Gasteiger partial charge on any atom is 0.258 e. The zero-order chi connectivity index (χ0) is 15.2. The molecule has 3 N–H and O–H groups in total. The zero-order valence-corrected chi connectivity index (χ0v) is 13.2. The van der Waals surface area contributed by atoms with Crippen molar-refractivity contribution in [2.24, 2.45) is 0 Å². The fraction of sp³-hybridized carbons (Fsp3) is 0.467. The van der Waals surface area contributed by atoms with Gasteiger partial charge in [0, 0.05) is 25.1 Å². The first-order valence-corrected chi connectivity index (χ1v) is 7.04. The van der Waals surface area contributed by atoms with E-state index < -0.39 is 6.10 Å². The maximum absolute atomic E-state index is 11.7. The number of nitrogens with one attached hydrogen (secondary N) is 2. The van der Waals surface area contributed by atoms with Crippen LogP contribution in [0, 0.1) is 0 Å². The maximum atomic E-state index is 11.7. The highest BCUT2D eigenvalue weighted by Gasteiger charge is 2.26. The second-order valence-electron chi connectivity index (χ2n) is 4.99. The van der Waals surface area contributed by atoms with E-state index in [-0.39, 0.29) is 36.7 Å². The van der Waals surface area contributed by atoms with E-state index in [1.807, 2.05) is 6.92 Å². The molecule has 0 bridgehead atoms. The van der Waals surface area contributed by atoms with E-state index in [1.165, 1.54) is 0 Å². The van der Waals surface area contributed by atoms with Gasteiger partial charge in [-0.3, -0.25) is 9.59 Å². The van der Waals surface area contributed by atoms with Crippen molar-refractivity contribution in [2.45, 2.75) is 25.5 Å². The Labute approximate surface area is 135 Å². The summed E-state index contributed by atoms with van der Waals surface area (Å²) in [6.07, 6.45) is -0.103. The van der Waals surface area contributed by atoms with Crippen molar-refractivity contribution in [1.29, 1.82) is 0 Å². The molecule has 0 aliphatic carbocycles. The van der Waals surface area contributed by atoms with Crippen LogP contribution in [0.25, 0.3) is 0 Å². The Hall–Kier alpha value is -1.63. The van der Waals surface area contributed by atoms with Gasteiger partial charge in [-0.25, -0.2) is 0 Å². The summed E-state index contributed by atoms with van der Waals surface area (Å²) in [4.78, 5) is 23.2. The summed E-state index contributed by atoms with van der Waals surface area (Å²) in [5.74, 6) is 0.321. The number of hydrogen-bond acceptors (Lipinski definition) is 5. The van der Waals surface area contributed by atoms with Crippen LogP contribution in [-0.4, -0.2) is 48.6 Å². The van der Waals surface area contributed by atoms with E-state index in [9.17, 15) is 14.7 Å². The number of aliphatic hydroxyl groups is 1. The molecule has 6 nitrogen and oxygen atoms in total. The van der Waals surface area contributed by atoms with E-state index in [2.05, 4.69) is 10.6 Å². The standard InChI is InChI=1S/C15H20N2O4.ClH/c1-2-13(18)10-3-5-11(6-4-10)21-9-15(20)17-12-7-16-8-14(12)19;/h3-6,12,14,16,19H,2,7-9H2,1H3,(H,17,20);1H/t12-,14-;/m1./s1. The topological polar surface area (TPSA) is 87.7 Å². The lowest BCUT2D eigenvalue weighted by molar-refractivity contribution is -0.124. The molecule has 2 atom stereocenters. The van der Waals surface area contributed by atoms with E-state index >= 15 is 0 Å². The summed E-state index contributed by atoms with van der Waals surface area (Å²) in [7, 11) is 0. The molecule has 7 heteroatoms. The van der Waals surface area contributed by atoms with Crippen LogP contribution in [0.4, 0.5) is 0 Å². The molecule has 0 saturated carbocycles. The molecule has 1 fully saturated rings. The lowest BCUT2D eigenvalue weighted by Gasteiger charge is -2.15. The van der Waals surface area contributed by atoms with Crippen LogP contribution >= 0.6 is 12.4 Å². The smallest absolute Gasteiger partial charge is 0.258 e. The molecular weight excluding hydrogens is 308 g/mol. The van der Waals surface area contributed by atoms with Crippen LogP contribution in [0.2, 0.25) is 0 Å². The second-order valence-corrected chi connectivity index (χ2v) is 4.99. The van der Waals surface area contributed by atoms with Gasteiger partial charge in [-0.1, -0.05) is 6.92 Å². The van der Waals surface area contributed by atoms with Crippen LogP contribution in [0.15, 0.2) is 24.3 Å². The predicted molar refractivity (Wildman–Crippen MR) is 84.6 cm³/mol. The van der Waals surface area contributed by atoms with Crippen molar-refractivity contribution >= 4 is 24.1 Å². The first-order chi connectivity index (χ1) is 10.1. The lowest BCUT2D eigenvalue weighted by Crippen LogP contribution is -2.44. The summed E-state index contributed by atoms with van der Waals surface area (Å²) < 4.78 is 5.36. The molecule has 1 aromatic rings. The third-order valence-corrected chi connectivity index (χ3v) is 3.40. The Kier molecular flexibility index (Phi) is 7.31. The number of rotatable bonds is 6. The Balaban J connectivity index is 0.00000242. The summed E-state index contributed by atoms with van der Waals surface area (Å²) >= 11 is 0. The largest absolute Gasteiger partial charge is 0.484 e. The molecule has 22 heavy (non-hydrogen) atoms. The lowest BCUT2D eigenvalue weighted by atomic mass is 10.1. The van der Waals surface area contributed by atoms with Gasteiger partial charge in [-0.05, 0) is 24.3 Å². The zero-order valence-electron chi connectivity index (χ0n) is 12.4. The molecule has 122 valence electrons. The van der Waals surface area contributed by atoms with Crippen LogP contribution < -0.4 is 15.4 Å². The van der Waals surface area contributed by atoms with Gasteiger partial charge in [0.25, 0.3) is 5.91 Å². The minimum absolute atomic E-state index is 0. The van der Waals surface area contributed by atoms with Crippen molar-refractivity contribution in [3.63, 3.8) is 0 Å². The molecule has 1 amide bonds. The van der Waals surface area contributed by atoms with Crippen molar-refractivity contribution in [3.8, 4) is 5.75 Å². The normalized spacial score (nSPS) is 20.1. The number of halogens is 1. The van der Waals surface area contributed by atoms with Gasteiger partial charge >= 0.3 is 0 Å². The summed E-state index contributed by atoms with van der Waals surface area (Å²) in [6.45, 7) is 2.73. The number of carbonyl (C=O) groups is 2. The highest BCUT2D eigenvalue weighted by molar-refractivity contribution is 5.95. The molecule has 0 spiro atoms. The van der Waals surface area contributed by atoms with Crippen LogP contribution in [0.3, 0.4) is 0 Å². The average molecular weight is 329 g/mol. The summed E-state index contributed by atoms with van der Waals surface area (Å²) in [5.41, 5.74) is 0.634. The number of aliphatic hydroxyl groups excluding tert-OH is 1. The van der Waals surface area contributed by atoms with Gasteiger partial charge < -0.3 is 20.5 Å². The molecular formula is C15H21ClN2O4. The molecule has 0 radical (unpaired) electrons. The van der Waals surface area contributed by atoms with E-state index in [4.69, 9.17) is 4.74 Å². The number of hydrogen-bond donors (Lipinski definition) is 3. The first kappa shape index (κ1) is 18.4. The van der Waals surface area contributed by atoms with Gasteiger partial charge in [0.2, 0.25) is 0 Å². The monoisotopic (exact) mass is 328 g/mol. The number of β-amino-alcohol motifs (C(OH)–C–C–N with tert-alkyl or cyclic N) is 1. The molecule has 1 saturated heterocycles. The van der Waals surface area contributed by atoms with E-state index in [0.29, 0.717) is 30.8 Å². The second kappa shape index (κ2) is 8.73. The van der Waals surface area contributed by atoms with Crippen molar-refractivity contribution in [1.82, 2.24) is 10.6 Å². The Morgan fingerprint density at radius 2 is 2.00 bits per heavy atom. The molecule has 1 heterocycles. The van der Waals surface area contributed by atoms with Gasteiger partial charge in [-0.2, -0.15) is 0 Å². The van der Waals surface area contributed by atoms with Crippen LogP contribution in [-0.2, 0) is 4.79 Å². The number of ketones is 1. The number of ether oxygens (including phenoxy) is 1. The predicted octanol–water partition coefficient (Wildman–Crippen LogP) is 0.529. The third-order valence-electron chi connectivity index (χ3n) is 3.40. The minimum Gasteiger partial charge on any atom is -0.484 e. The van der Waals surface area contributed by atoms with Gasteiger partial charge in [-0.15, -0.1) is 12.4 Å². The van der Waals surface area contributed by atoms with Gasteiger partial charge in [0.1, 0.15) is 5.75 Å². The van der Waals surface area contributed by atoms with Crippen molar-refractivity contribution in [3.05, 3.63) is 29.8 Å². The summed E-state index contributed by atoms with van der Waals surface area (Å²) in [6, 6.07) is 6.43. The molecule has 0 aromatic heterocycles. The van der Waals surface area contributed by atoms with Crippen molar-refractivity contribution < 1.29 is 19.4 Å². The third kappa shape index (κ3) is 4.98. The fourth-order valence-electron chi connectivity index (χ4n) is 2.15. The Morgan fingerprint density at radius 1 is 1.32 bits per heavy atom. The summed E-state index contributed by atoms with van der Waals surface area (Å²) in [5, 5.41) is 15.3. The van der Waals surface area contributed by atoms with Crippen LogP contribution in [0.5, 0.6) is 5.75 Å². The molecule has 1 aliphatic rings. The average Bonchev–Trinajstić information content (AvgIpc) is 2.90. The number of benzene rings is 1. The highest BCUT2D eigenvalue weighted by atomic mass is 35.5. The van der Waals surface area contributed by atoms with E-state index in [1.54, 1.807) is 24.3 Å². The highest BCUT2D eigenvalue weighted by Crippen LogP contribution is 2.13. The number of carbonyl (C=O) groups excluding carboxylic acids is 2. The molecule has 1 aromatic carbocycles. The van der Waals surface area contributed by atoms with Gasteiger partial charge in [0.15, 0.2) is 12.4 Å². The van der Waals surface area contributed by atoms with E-state index in [0.717, 1.165) is 0 Å². The molecule has 1 aliphatic heterocycles. The fourth-order valence-corrected chi connectivity index (χ4v) is 2.15. The van der Waals surface area contributed by atoms with Gasteiger partial charge in [0.05, 0.1) is 12.1 Å². The van der Waals surface area contributed by atoms with Crippen LogP contribution in [0.1, 0.15) is 23.7 Å². The minimum atomic E-state index is -0.562. The number of Topliss-reactive ketones (excluding diaryl/α,β-unsaturated/α-hetero) is 1. The SMILES string of the molecule is CCC(=O)c1ccc(OCC(=O)N[C@@H]2CNC[C@H]2O)cc1.Cl. The quantitative estimate of drug-likeness (QED) is 0.663. The molecule has 0 unspecified atom stereocenters. The Morgan fingerprint density at radius 3 is 2.55 bits per heavy atom. The Bertz CT molecular complexity index is 507. The molecule has 2 rings (SSSR count). The number of amides is 1. The van der Waals surface area contributed by atoms with Crippen molar-refractivity contribution in [2.75, 3.05) is 19.7 Å².